The maximum absolute atomic E-state index is 10.4. The van der Waals surface area contributed by atoms with Gasteiger partial charge in [0.1, 0.15) is 0 Å². The van der Waals surface area contributed by atoms with Gasteiger partial charge in [-0.3, -0.25) is 4.18 Å². The Hall–Kier alpha value is -0.130. The van der Waals surface area contributed by atoms with Crippen molar-refractivity contribution in [2.24, 2.45) is 0 Å². The van der Waals surface area contributed by atoms with Gasteiger partial charge in [-0.2, -0.15) is 8.42 Å². The zero-order valence-electron chi connectivity index (χ0n) is 6.45. The Kier molecular flexibility index (Phi) is 2.86. The molecule has 0 atom stereocenters. The third kappa shape index (κ3) is 5.17. The predicted octanol–water partition coefficient (Wildman–Crippen LogP) is 0.142. The molecule has 0 bridgehead atoms. The first-order valence-corrected chi connectivity index (χ1v) is 5.35. The number of rotatable bonds is 5. The summed E-state index contributed by atoms with van der Waals surface area (Å²) in [5.74, 6) is 0. The fourth-order valence-electron chi connectivity index (χ4n) is 0.635. The van der Waals surface area contributed by atoms with Gasteiger partial charge in [0.2, 0.25) is 0 Å². The number of hydrogen-bond donors (Lipinski definition) is 0. The molecular formula is C6H12O4S. The molecule has 0 radical (unpaired) electrons. The van der Waals surface area contributed by atoms with E-state index < -0.39 is 10.1 Å². The third-order valence-corrected chi connectivity index (χ3v) is 1.85. The molecule has 0 N–H and O–H groups in total. The smallest absolute Gasteiger partial charge is 0.264 e. The zero-order chi connectivity index (χ0) is 8.32. The molecule has 0 aliphatic heterocycles. The molecule has 1 aliphatic carbocycles. The summed E-state index contributed by atoms with van der Waals surface area (Å²) >= 11 is 0. The molecule has 0 amide bonds. The van der Waals surface area contributed by atoms with Gasteiger partial charge in [-0.25, -0.2) is 0 Å². The van der Waals surface area contributed by atoms with Crippen molar-refractivity contribution in [2.75, 3.05) is 19.5 Å². The lowest BCUT2D eigenvalue weighted by Gasteiger charge is -2.01. The Bertz CT molecular complexity index is 205. The van der Waals surface area contributed by atoms with Crippen molar-refractivity contribution >= 4 is 10.1 Å². The molecule has 0 aromatic carbocycles. The maximum Gasteiger partial charge on any atom is 0.264 e. The van der Waals surface area contributed by atoms with Crippen molar-refractivity contribution in [1.82, 2.24) is 0 Å². The van der Waals surface area contributed by atoms with E-state index in [9.17, 15) is 8.42 Å². The molecule has 4 nitrogen and oxygen atoms in total. The first kappa shape index (κ1) is 8.96. The summed E-state index contributed by atoms with van der Waals surface area (Å²) in [7, 11) is -3.28. The van der Waals surface area contributed by atoms with Crippen LogP contribution in [0.2, 0.25) is 0 Å². The van der Waals surface area contributed by atoms with Gasteiger partial charge in [0.15, 0.2) is 0 Å². The van der Waals surface area contributed by atoms with Crippen LogP contribution in [0.25, 0.3) is 0 Å². The fourth-order valence-corrected chi connectivity index (χ4v) is 1.01. The van der Waals surface area contributed by atoms with E-state index in [-0.39, 0.29) is 6.61 Å². The van der Waals surface area contributed by atoms with Gasteiger partial charge in [0.05, 0.1) is 25.6 Å². The van der Waals surface area contributed by atoms with Crippen molar-refractivity contribution in [3.05, 3.63) is 0 Å². The van der Waals surface area contributed by atoms with Crippen molar-refractivity contribution in [3.8, 4) is 0 Å². The largest absolute Gasteiger partial charge is 0.376 e. The van der Waals surface area contributed by atoms with E-state index in [2.05, 4.69) is 4.18 Å². The summed E-state index contributed by atoms with van der Waals surface area (Å²) in [4.78, 5) is 0. The Labute approximate surface area is 66.6 Å². The minimum absolute atomic E-state index is 0.134. The van der Waals surface area contributed by atoms with E-state index in [1.807, 2.05) is 0 Å². The SMILES string of the molecule is CS(=O)(=O)OCCOC1CC1. The van der Waals surface area contributed by atoms with Crippen LogP contribution < -0.4 is 0 Å². The normalized spacial score (nSPS) is 18.6. The molecule has 1 aliphatic rings. The van der Waals surface area contributed by atoms with Crippen LogP contribution in [-0.4, -0.2) is 34.0 Å². The number of hydrogen-bond acceptors (Lipinski definition) is 4. The van der Waals surface area contributed by atoms with E-state index in [0.717, 1.165) is 19.1 Å². The zero-order valence-corrected chi connectivity index (χ0v) is 7.26. The minimum Gasteiger partial charge on any atom is -0.376 e. The molecule has 0 unspecified atom stereocenters. The first-order valence-electron chi connectivity index (χ1n) is 3.54. The Morgan fingerprint density at radius 2 is 2.00 bits per heavy atom. The second kappa shape index (κ2) is 3.51. The highest BCUT2D eigenvalue weighted by Crippen LogP contribution is 2.22. The Morgan fingerprint density at radius 1 is 1.36 bits per heavy atom. The molecule has 0 spiro atoms. The molecule has 0 aromatic rings. The molecule has 1 rings (SSSR count). The van der Waals surface area contributed by atoms with Crippen molar-refractivity contribution in [3.63, 3.8) is 0 Å². The lowest BCUT2D eigenvalue weighted by Crippen LogP contribution is -2.10. The molecular weight excluding hydrogens is 168 g/mol. The van der Waals surface area contributed by atoms with E-state index in [1.54, 1.807) is 0 Å². The monoisotopic (exact) mass is 180 g/mol. The predicted molar refractivity (Wildman–Crippen MR) is 39.8 cm³/mol. The Balaban J connectivity index is 1.95. The molecule has 5 heteroatoms. The molecule has 1 fully saturated rings. The number of ether oxygens (including phenoxy) is 1. The summed E-state index contributed by atoms with van der Waals surface area (Å²) in [5, 5.41) is 0. The molecule has 0 saturated heterocycles. The quantitative estimate of drug-likeness (QED) is 0.446. The summed E-state index contributed by atoms with van der Waals surface area (Å²) in [6.45, 7) is 0.507. The van der Waals surface area contributed by atoms with Crippen LogP contribution in [0.4, 0.5) is 0 Å². The second-order valence-electron chi connectivity index (χ2n) is 2.60. The van der Waals surface area contributed by atoms with Gasteiger partial charge in [-0.1, -0.05) is 0 Å². The highest BCUT2D eigenvalue weighted by atomic mass is 32.2. The van der Waals surface area contributed by atoms with Crippen LogP contribution in [0, 0.1) is 0 Å². The minimum atomic E-state index is -3.28. The molecule has 66 valence electrons. The van der Waals surface area contributed by atoms with Crippen LogP contribution in [0.5, 0.6) is 0 Å². The van der Waals surface area contributed by atoms with E-state index >= 15 is 0 Å². The maximum atomic E-state index is 10.4. The van der Waals surface area contributed by atoms with E-state index in [4.69, 9.17) is 4.74 Å². The van der Waals surface area contributed by atoms with Crippen LogP contribution in [0.3, 0.4) is 0 Å². The van der Waals surface area contributed by atoms with E-state index in [1.165, 1.54) is 0 Å². The van der Waals surface area contributed by atoms with Crippen molar-refractivity contribution in [1.29, 1.82) is 0 Å². The lowest BCUT2D eigenvalue weighted by molar-refractivity contribution is 0.0902. The highest BCUT2D eigenvalue weighted by Gasteiger charge is 2.21. The van der Waals surface area contributed by atoms with Crippen LogP contribution >= 0.6 is 0 Å². The van der Waals surface area contributed by atoms with Gasteiger partial charge in [0.25, 0.3) is 10.1 Å². The fraction of sp³-hybridized carbons (Fsp3) is 1.00. The van der Waals surface area contributed by atoms with Gasteiger partial charge in [-0.05, 0) is 12.8 Å². The topological polar surface area (TPSA) is 52.6 Å². The Morgan fingerprint density at radius 3 is 2.45 bits per heavy atom. The summed E-state index contributed by atoms with van der Waals surface area (Å²) < 4.78 is 30.4. The molecule has 0 aromatic heterocycles. The first-order chi connectivity index (χ1) is 5.08. The van der Waals surface area contributed by atoms with Gasteiger partial charge in [0, 0.05) is 0 Å². The van der Waals surface area contributed by atoms with Gasteiger partial charge < -0.3 is 4.74 Å². The van der Waals surface area contributed by atoms with Crippen molar-refractivity contribution < 1.29 is 17.3 Å². The van der Waals surface area contributed by atoms with Gasteiger partial charge in [-0.15, -0.1) is 0 Å². The highest BCUT2D eigenvalue weighted by molar-refractivity contribution is 7.85. The average molecular weight is 180 g/mol. The lowest BCUT2D eigenvalue weighted by atomic mass is 10.7. The van der Waals surface area contributed by atoms with Crippen molar-refractivity contribution in [2.45, 2.75) is 18.9 Å². The van der Waals surface area contributed by atoms with Crippen LogP contribution in [0.1, 0.15) is 12.8 Å². The van der Waals surface area contributed by atoms with Crippen LogP contribution in [0.15, 0.2) is 0 Å². The molecule has 1 saturated carbocycles. The van der Waals surface area contributed by atoms with Gasteiger partial charge >= 0.3 is 0 Å². The van der Waals surface area contributed by atoms with Crippen LogP contribution in [-0.2, 0) is 19.0 Å². The summed E-state index contributed by atoms with van der Waals surface area (Å²) in [5.41, 5.74) is 0. The average Bonchev–Trinajstić information content (AvgIpc) is 2.60. The second-order valence-corrected chi connectivity index (χ2v) is 4.24. The molecule has 0 heterocycles. The third-order valence-electron chi connectivity index (χ3n) is 1.26. The molecule has 11 heavy (non-hydrogen) atoms. The standard InChI is InChI=1S/C6H12O4S/c1-11(7,8)10-5-4-9-6-2-3-6/h6H,2-5H2,1H3. The summed E-state index contributed by atoms with van der Waals surface area (Å²) in [6, 6.07) is 0. The van der Waals surface area contributed by atoms with E-state index in [0.29, 0.717) is 12.7 Å². The summed E-state index contributed by atoms with van der Waals surface area (Å²) in [6.07, 6.45) is 3.58.